The number of nitrogens with one attached hydrogen (secondary N) is 1. The van der Waals surface area contributed by atoms with Crippen molar-refractivity contribution in [1.82, 2.24) is 0 Å². The van der Waals surface area contributed by atoms with Gasteiger partial charge in [-0.15, -0.1) is 11.8 Å². The van der Waals surface area contributed by atoms with Crippen LogP contribution in [0.1, 0.15) is 37.6 Å². The normalized spacial score (nSPS) is 11.2. The number of anilines is 1. The van der Waals surface area contributed by atoms with Crippen LogP contribution in [0.25, 0.3) is 0 Å². The first kappa shape index (κ1) is 19.2. The highest BCUT2D eigenvalue weighted by Crippen LogP contribution is 2.24. The summed E-state index contributed by atoms with van der Waals surface area (Å²) in [5.74, 6) is -0.197. The third-order valence-corrected chi connectivity index (χ3v) is 4.34. The number of thioether (sulfide) groups is 1. The molecule has 2 aromatic rings. The van der Waals surface area contributed by atoms with E-state index in [4.69, 9.17) is 0 Å². The molecule has 1 N–H and O–H groups in total. The summed E-state index contributed by atoms with van der Waals surface area (Å²) in [4.78, 5) is 25.0. The van der Waals surface area contributed by atoms with E-state index in [0.29, 0.717) is 17.7 Å². The molecule has 0 fully saturated rings. The molecule has 0 saturated heterocycles. The number of benzene rings is 2. The van der Waals surface area contributed by atoms with Crippen molar-refractivity contribution in [2.45, 2.75) is 32.1 Å². The lowest BCUT2D eigenvalue weighted by Crippen LogP contribution is -2.19. The van der Waals surface area contributed by atoms with E-state index >= 15 is 0 Å². The predicted molar refractivity (Wildman–Crippen MR) is 101 cm³/mol. The SMILES string of the molecule is CC(C)(C)CC(=O)Nc1cccc(SCC(=O)c2ccc(F)cc2)c1. The summed E-state index contributed by atoms with van der Waals surface area (Å²) in [6.07, 6.45) is 0.438. The first-order valence-corrected chi connectivity index (χ1v) is 9.03. The number of hydrogen-bond acceptors (Lipinski definition) is 3. The molecule has 0 spiro atoms. The van der Waals surface area contributed by atoms with Crippen molar-refractivity contribution in [3.8, 4) is 0 Å². The Kier molecular flexibility index (Phi) is 6.37. The van der Waals surface area contributed by atoms with Gasteiger partial charge < -0.3 is 5.32 Å². The maximum atomic E-state index is 12.9. The minimum Gasteiger partial charge on any atom is -0.326 e. The number of carbonyl (C=O) groups is 2. The van der Waals surface area contributed by atoms with Crippen LogP contribution in [0.4, 0.5) is 10.1 Å². The molecule has 0 aliphatic rings. The molecule has 0 bridgehead atoms. The predicted octanol–water partition coefficient (Wildman–Crippen LogP) is 5.18. The van der Waals surface area contributed by atoms with E-state index in [0.717, 1.165) is 4.90 Å². The van der Waals surface area contributed by atoms with Crippen LogP contribution in [0.5, 0.6) is 0 Å². The van der Waals surface area contributed by atoms with Gasteiger partial charge in [0.2, 0.25) is 5.91 Å². The molecule has 25 heavy (non-hydrogen) atoms. The van der Waals surface area contributed by atoms with Crippen LogP contribution in [-0.2, 0) is 4.79 Å². The molecule has 0 radical (unpaired) electrons. The van der Waals surface area contributed by atoms with Crippen molar-refractivity contribution in [2.75, 3.05) is 11.1 Å². The van der Waals surface area contributed by atoms with Crippen LogP contribution in [0.15, 0.2) is 53.4 Å². The molecule has 0 saturated carbocycles. The lowest BCUT2D eigenvalue weighted by molar-refractivity contribution is -0.117. The molecular formula is C20H22FNO2S. The Morgan fingerprint density at radius 2 is 1.76 bits per heavy atom. The Hall–Kier alpha value is -2.14. The fraction of sp³-hybridized carbons (Fsp3) is 0.300. The van der Waals surface area contributed by atoms with Gasteiger partial charge in [-0.3, -0.25) is 9.59 Å². The van der Waals surface area contributed by atoms with Crippen LogP contribution < -0.4 is 5.32 Å². The highest BCUT2D eigenvalue weighted by Gasteiger charge is 2.16. The van der Waals surface area contributed by atoms with Crippen molar-refractivity contribution in [1.29, 1.82) is 0 Å². The molecule has 0 aliphatic carbocycles. The summed E-state index contributed by atoms with van der Waals surface area (Å²) in [6.45, 7) is 6.04. The van der Waals surface area contributed by atoms with Gasteiger partial charge in [-0.1, -0.05) is 26.8 Å². The largest absolute Gasteiger partial charge is 0.326 e. The van der Waals surface area contributed by atoms with E-state index in [-0.39, 0.29) is 28.7 Å². The van der Waals surface area contributed by atoms with E-state index in [9.17, 15) is 14.0 Å². The van der Waals surface area contributed by atoms with Crippen molar-refractivity contribution in [3.63, 3.8) is 0 Å². The van der Waals surface area contributed by atoms with E-state index in [1.807, 2.05) is 45.0 Å². The molecule has 5 heteroatoms. The molecular weight excluding hydrogens is 337 g/mol. The molecule has 1 amide bonds. The van der Waals surface area contributed by atoms with E-state index in [1.165, 1.54) is 36.0 Å². The first-order chi connectivity index (χ1) is 11.7. The summed E-state index contributed by atoms with van der Waals surface area (Å²) in [5.41, 5.74) is 1.13. The maximum absolute atomic E-state index is 12.9. The second kappa shape index (κ2) is 8.30. The molecule has 0 aliphatic heterocycles. The highest BCUT2D eigenvalue weighted by molar-refractivity contribution is 8.00. The average Bonchev–Trinajstić information content (AvgIpc) is 2.52. The Morgan fingerprint density at radius 1 is 1.08 bits per heavy atom. The number of hydrogen-bond donors (Lipinski definition) is 1. The Morgan fingerprint density at radius 3 is 2.40 bits per heavy atom. The molecule has 2 rings (SSSR count). The van der Waals surface area contributed by atoms with Gasteiger partial charge in [0.1, 0.15) is 5.82 Å². The minimum atomic E-state index is -0.358. The zero-order valence-electron chi connectivity index (χ0n) is 14.6. The lowest BCUT2D eigenvalue weighted by Gasteiger charge is -2.17. The van der Waals surface area contributed by atoms with E-state index in [2.05, 4.69) is 5.32 Å². The minimum absolute atomic E-state index is 0.0305. The second-order valence-corrected chi connectivity index (χ2v) is 8.08. The monoisotopic (exact) mass is 359 g/mol. The second-order valence-electron chi connectivity index (χ2n) is 7.03. The van der Waals surface area contributed by atoms with Crippen LogP contribution in [0, 0.1) is 11.2 Å². The summed E-state index contributed by atoms with van der Waals surface area (Å²) in [6, 6.07) is 12.9. The van der Waals surface area contributed by atoms with Crippen LogP contribution in [0.2, 0.25) is 0 Å². The standard InChI is InChI=1S/C20H22FNO2S/c1-20(2,3)12-19(24)22-16-5-4-6-17(11-16)25-13-18(23)14-7-9-15(21)10-8-14/h4-11H,12-13H2,1-3H3,(H,22,24). The maximum Gasteiger partial charge on any atom is 0.224 e. The van der Waals surface area contributed by atoms with E-state index < -0.39 is 0 Å². The van der Waals surface area contributed by atoms with Gasteiger partial charge in [0.05, 0.1) is 5.75 Å². The number of ketones is 1. The smallest absolute Gasteiger partial charge is 0.224 e. The molecule has 2 aromatic carbocycles. The summed E-state index contributed by atoms with van der Waals surface area (Å²) in [5, 5.41) is 2.89. The number of amides is 1. The third kappa shape index (κ3) is 6.70. The zero-order valence-corrected chi connectivity index (χ0v) is 15.5. The topological polar surface area (TPSA) is 46.2 Å². The Balaban J connectivity index is 1.93. The first-order valence-electron chi connectivity index (χ1n) is 8.04. The summed E-state index contributed by atoms with van der Waals surface area (Å²) in [7, 11) is 0. The summed E-state index contributed by atoms with van der Waals surface area (Å²) < 4.78 is 12.9. The van der Waals surface area contributed by atoms with Gasteiger partial charge >= 0.3 is 0 Å². The molecule has 0 unspecified atom stereocenters. The number of halogens is 1. The zero-order chi connectivity index (χ0) is 18.4. The quantitative estimate of drug-likeness (QED) is 0.571. The highest BCUT2D eigenvalue weighted by atomic mass is 32.2. The van der Waals surface area contributed by atoms with Gasteiger partial charge in [0.15, 0.2) is 5.78 Å². The van der Waals surface area contributed by atoms with Gasteiger partial charge in [-0.25, -0.2) is 4.39 Å². The Bertz CT molecular complexity index is 751. The molecule has 0 atom stereocenters. The molecule has 3 nitrogen and oxygen atoms in total. The number of carbonyl (C=O) groups excluding carboxylic acids is 2. The van der Waals surface area contributed by atoms with Gasteiger partial charge in [-0.05, 0) is 47.9 Å². The number of Topliss-reactive ketones (excluding diaryl/α,β-unsaturated/α-hetero) is 1. The summed E-state index contributed by atoms with van der Waals surface area (Å²) >= 11 is 1.39. The van der Waals surface area contributed by atoms with Crippen molar-refractivity contribution in [3.05, 3.63) is 59.9 Å². The molecule has 0 heterocycles. The van der Waals surface area contributed by atoms with Gasteiger partial charge in [0.25, 0.3) is 0 Å². The fourth-order valence-corrected chi connectivity index (χ4v) is 3.07. The van der Waals surface area contributed by atoms with Gasteiger partial charge in [0, 0.05) is 22.6 Å². The number of rotatable bonds is 6. The van der Waals surface area contributed by atoms with Crippen LogP contribution >= 0.6 is 11.8 Å². The fourth-order valence-electron chi connectivity index (χ4n) is 2.22. The van der Waals surface area contributed by atoms with Gasteiger partial charge in [-0.2, -0.15) is 0 Å². The van der Waals surface area contributed by atoms with Crippen LogP contribution in [-0.4, -0.2) is 17.4 Å². The van der Waals surface area contributed by atoms with E-state index in [1.54, 1.807) is 0 Å². The van der Waals surface area contributed by atoms with Crippen molar-refractivity contribution in [2.24, 2.45) is 5.41 Å². The third-order valence-electron chi connectivity index (χ3n) is 3.34. The molecule has 0 aromatic heterocycles. The average molecular weight is 359 g/mol. The Labute approximate surface area is 152 Å². The lowest BCUT2D eigenvalue weighted by atomic mass is 9.92. The molecule has 132 valence electrons. The van der Waals surface area contributed by atoms with Crippen molar-refractivity contribution >= 4 is 29.1 Å². The van der Waals surface area contributed by atoms with Crippen molar-refractivity contribution < 1.29 is 14.0 Å². The van der Waals surface area contributed by atoms with Crippen LogP contribution in [0.3, 0.4) is 0 Å².